The standard InChI is InChI=1S/C22H25NO3/c24-21(23-20-13-7-12-19(20)22(25)26)15-18(17-10-5-2-6-11-17)14-16-8-3-1-4-9-16/h1-6,8-11,18-20H,7,12-15H2,(H,23,24)(H,25,26)/t18?,19-,20+/m1/s1. The first-order valence-corrected chi connectivity index (χ1v) is 9.24. The van der Waals surface area contributed by atoms with Crippen LogP contribution in [0.3, 0.4) is 0 Å². The number of amides is 1. The van der Waals surface area contributed by atoms with Crippen LogP contribution in [0.1, 0.15) is 42.7 Å². The van der Waals surface area contributed by atoms with Crippen LogP contribution in [0.2, 0.25) is 0 Å². The van der Waals surface area contributed by atoms with Crippen molar-refractivity contribution in [3.63, 3.8) is 0 Å². The van der Waals surface area contributed by atoms with E-state index in [1.54, 1.807) is 0 Å². The molecule has 0 aliphatic heterocycles. The van der Waals surface area contributed by atoms with Gasteiger partial charge in [-0.2, -0.15) is 0 Å². The van der Waals surface area contributed by atoms with E-state index in [9.17, 15) is 14.7 Å². The predicted octanol–water partition coefficient (Wildman–Crippen LogP) is 3.77. The lowest BCUT2D eigenvalue weighted by molar-refractivity contribution is -0.142. The predicted molar refractivity (Wildman–Crippen MR) is 101 cm³/mol. The summed E-state index contributed by atoms with van der Waals surface area (Å²) < 4.78 is 0. The summed E-state index contributed by atoms with van der Waals surface area (Å²) in [6, 6.07) is 20.0. The molecule has 2 N–H and O–H groups in total. The first-order valence-electron chi connectivity index (χ1n) is 9.24. The number of rotatable bonds is 7. The molecule has 3 rings (SSSR count). The Morgan fingerprint density at radius 1 is 1.00 bits per heavy atom. The molecule has 2 aromatic carbocycles. The van der Waals surface area contributed by atoms with E-state index in [1.807, 2.05) is 36.4 Å². The van der Waals surface area contributed by atoms with E-state index in [0.29, 0.717) is 12.8 Å². The number of nitrogens with one attached hydrogen (secondary N) is 1. The van der Waals surface area contributed by atoms with Gasteiger partial charge in [0.1, 0.15) is 0 Å². The van der Waals surface area contributed by atoms with Crippen LogP contribution in [0, 0.1) is 5.92 Å². The molecule has 1 unspecified atom stereocenters. The summed E-state index contributed by atoms with van der Waals surface area (Å²) in [7, 11) is 0. The first kappa shape index (κ1) is 18.2. The summed E-state index contributed by atoms with van der Waals surface area (Å²) in [6.07, 6.45) is 3.39. The fraction of sp³-hybridized carbons (Fsp3) is 0.364. The average Bonchev–Trinajstić information content (AvgIpc) is 3.11. The monoisotopic (exact) mass is 351 g/mol. The molecule has 1 saturated carbocycles. The number of carboxylic acid groups (broad SMARTS) is 1. The lowest BCUT2D eigenvalue weighted by atomic mass is 9.89. The van der Waals surface area contributed by atoms with Crippen LogP contribution in [0.15, 0.2) is 60.7 Å². The highest BCUT2D eigenvalue weighted by Gasteiger charge is 2.34. The molecule has 1 fully saturated rings. The number of carbonyl (C=O) groups excluding carboxylic acids is 1. The number of carbonyl (C=O) groups is 2. The first-order chi connectivity index (χ1) is 12.6. The van der Waals surface area contributed by atoms with Gasteiger partial charge in [0.05, 0.1) is 5.92 Å². The molecule has 0 spiro atoms. The minimum atomic E-state index is -0.809. The van der Waals surface area contributed by atoms with Crippen LogP contribution < -0.4 is 5.32 Å². The van der Waals surface area contributed by atoms with Crippen LogP contribution in [0.4, 0.5) is 0 Å². The van der Waals surface area contributed by atoms with Crippen LogP contribution in [-0.4, -0.2) is 23.0 Å². The van der Waals surface area contributed by atoms with E-state index in [0.717, 1.165) is 24.8 Å². The summed E-state index contributed by atoms with van der Waals surface area (Å²) in [5, 5.41) is 12.3. The quantitative estimate of drug-likeness (QED) is 0.798. The van der Waals surface area contributed by atoms with Crippen LogP contribution in [0.5, 0.6) is 0 Å². The third kappa shape index (κ3) is 4.72. The molecule has 0 bridgehead atoms. The molecule has 26 heavy (non-hydrogen) atoms. The van der Waals surface area contributed by atoms with Gasteiger partial charge in [-0.05, 0) is 36.3 Å². The largest absolute Gasteiger partial charge is 0.481 e. The second-order valence-electron chi connectivity index (χ2n) is 7.05. The zero-order valence-electron chi connectivity index (χ0n) is 14.8. The van der Waals surface area contributed by atoms with Gasteiger partial charge in [0.15, 0.2) is 0 Å². The minimum Gasteiger partial charge on any atom is -0.481 e. The molecule has 3 atom stereocenters. The summed E-state index contributed by atoms with van der Waals surface area (Å²) >= 11 is 0. The van der Waals surface area contributed by atoms with E-state index in [2.05, 4.69) is 29.6 Å². The summed E-state index contributed by atoms with van der Waals surface area (Å²) in [5.41, 5.74) is 2.33. The van der Waals surface area contributed by atoms with E-state index >= 15 is 0 Å². The Hall–Kier alpha value is -2.62. The molecule has 0 radical (unpaired) electrons. The maximum absolute atomic E-state index is 12.6. The molecule has 4 heteroatoms. The average molecular weight is 351 g/mol. The van der Waals surface area contributed by atoms with Crippen molar-refractivity contribution in [1.29, 1.82) is 0 Å². The fourth-order valence-electron chi connectivity index (χ4n) is 3.85. The molecular weight excluding hydrogens is 326 g/mol. The minimum absolute atomic E-state index is 0.0621. The van der Waals surface area contributed by atoms with Gasteiger partial charge in [-0.15, -0.1) is 0 Å². The zero-order chi connectivity index (χ0) is 18.4. The Labute approximate surface area is 154 Å². The van der Waals surface area contributed by atoms with Crippen molar-refractivity contribution in [2.75, 3.05) is 0 Å². The van der Waals surface area contributed by atoms with Gasteiger partial charge in [-0.25, -0.2) is 0 Å². The molecule has 1 aliphatic rings. The number of aliphatic carboxylic acids is 1. The van der Waals surface area contributed by atoms with Crippen LogP contribution >= 0.6 is 0 Å². The van der Waals surface area contributed by atoms with Crippen molar-refractivity contribution < 1.29 is 14.7 Å². The van der Waals surface area contributed by atoms with Crippen molar-refractivity contribution >= 4 is 11.9 Å². The number of hydrogen-bond acceptors (Lipinski definition) is 2. The highest BCUT2D eigenvalue weighted by molar-refractivity contribution is 5.79. The zero-order valence-corrected chi connectivity index (χ0v) is 14.8. The SMILES string of the molecule is O=C(CC(Cc1ccccc1)c1ccccc1)N[C@H]1CCC[C@H]1C(=O)O. The summed E-state index contributed by atoms with van der Waals surface area (Å²) in [6.45, 7) is 0. The number of carboxylic acids is 1. The Bertz CT molecular complexity index is 730. The molecule has 2 aromatic rings. The van der Waals surface area contributed by atoms with Gasteiger partial charge in [0.2, 0.25) is 5.91 Å². The molecule has 1 aliphatic carbocycles. The topological polar surface area (TPSA) is 66.4 Å². The lowest BCUT2D eigenvalue weighted by Gasteiger charge is -2.21. The van der Waals surface area contributed by atoms with E-state index in [4.69, 9.17) is 0 Å². The molecule has 0 aromatic heterocycles. The molecule has 1 amide bonds. The van der Waals surface area contributed by atoms with Crippen molar-refractivity contribution in [1.82, 2.24) is 5.32 Å². The third-order valence-electron chi connectivity index (χ3n) is 5.21. The summed E-state index contributed by atoms with van der Waals surface area (Å²) in [5.74, 6) is -1.25. The Kier molecular flexibility index (Phi) is 6.05. The van der Waals surface area contributed by atoms with Gasteiger partial charge in [-0.1, -0.05) is 67.1 Å². The van der Waals surface area contributed by atoms with Gasteiger partial charge < -0.3 is 10.4 Å². The van der Waals surface area contributed by atoms with Crippen molar-refractivity contribution in [2.45, 2.75) is 44.1 Å². The second kappa shape index (κ2) is 8.65. The Morgan fingerprint density at radius 3 is 2.31 bits per heavy atom. The highest BCUT2D eigenvalue weighted by Crippen LogP contribution is 2.28. The van der Waals surface area contributed by atoms with Crippen LogP contribution in [0.25, 0.3) is 0 Å². The van der Waals surface area contributed by atoms with Gasteiger partial charge in [-0.3, -0.25) is 9.59 Å². The lowest BCUT2D eigenvalue weighted by Crippen LogP contribution is -2.40. The molecule has 0 heterocycles. The Morgan fingerprint density at radius 2 is 1.65 bits per heavy atom. The highest BCUT2D eigenvalue weighted by atomic mass is 16.4. The van der Waals surface area contributed by atoms with E-state index < -0.39 is 11.9 Å². The Balaban J connectivity index is 1.69. The normalized spacial score (nSPS) is 20.5. The third-order valence-corrected chi connectivity index (χ3v) is 5.21. The smallest absolute Gasteiger partial charge is 0.308 e. The maximum Gasteiger partial charge on any atom is 0.308 e. The van der Waals surface area contributed by atoms with Crippen molar-refractivity contribution in [3.05, 3.63) is 71.8 Å². The summed E-state index contributed by atoms with van der Waals surface area (Å²) in [4.78, 5) is 24.0. The van der Waals surface area contributed by atoms with Gasteiger partial charge >= 0.3 is 5.97 Å². The maximum atomic E-state index is 12.6. The van der Waals surface area contributed by atoms with Gasteiger partial charge in [0, 0.05) is 12.5 Å². The van der Waals surface area contributed by atoms with Crippen molar-refractivity contribution in [2.24, 2.45) is 5.92 Å². The fourth-order valence-corrected chi connectivity index (χ4v) is 3.85. The second-order valence-corrected chi connectivity index (χ2v) is 7.05. The molecule has 0 saturated heterocycles. The number of hydrogen-bond donors (Lipinski definition) is 2. The molecule has 4 nitrogen and oxygen atoms in total. The van der Waals surface area contributed by atoms with E-state index in [1.165, 1.54) is 5.56 Å². The van der Waals surface area contributed by atoms with Crippen LogP contribution in [-0.2, 0) is 16.0 Å². The number of benzene rings is 2. The molecular formula is C22H25NO3. The van der Waals surface area contributed by atoms with E-state index in [-0.39, 0.29) is 17.9 Å². The molecule has 136 valence electrons. The van der Waals surface area contributed by atoms with Crippen molar-refractivity contribution in [3.8, 4) is 0 Å². The van der Waals surface area contributed by atoms with Gasteiger partial charge in [0.25, 0.3) is 0 Å².